The number of ether oxygens (including phenoxy) is 1. The number of hydrogen-bond acceptors (Lipinski definition) is 4. The molecular formula is C11H17N3O3S. The molecule has 0 saturated carbocycles. The molecule has 2 amide bonds. The van der Waals surface area contributed by atoms with E-state index in [9.17, 15) is 9.59 Å². The Bertz CT molecular complexity index is 496. The number of rotatable bonds is 2. The topological polar surface area (TPSA) is 72.7 Å². The van der Waals surface area contributed by atoms with Gasteiger partial charge in [0.2, 0.25) is 0 Å². The summed E-state index contributed by atoms with van der Waals surface area (Å²) in [5, 5.41) is 4.19. The molecule has 0 radical (unpaired) electrons. The number of alkyl carbamates (subject to hydrolysis) is 1. The maximum absolute atomic E-state index is 11.5. The summed E-state index contributed by atoms with van der Waals surface area (Å²) in [5.41, 5.74) is -0.579. The van der Waals surface area contributed by atoms with Crippen molar-refractivity contribution < 1.29 is 14.3 Å². The number of nitrogens with zero attached hydrogens (tertiary/aromatic N) is 2. The maximum atomic E-state index is 11.5. The van der Waals surface area contributed by atoms with Crippen LogP contribution in [-0.2, 0) is 16.6 Å². The first-order chi connectivity index (χ1) is 8.28. The van der Waals surface area contributed by atoms with E-state index in [1.54, 1.807) is 38.6 Å². The summed E-state index contributed by atoms with van der Waals surface area (Å²) in [4.78, 5) is 27.2. The Labute approximate surface area is 109 Å². The van der Waals surface area contributed by atoms with Crippen LogP contribution in [0.25, 0.3) is 0 Å². The Morgan fingerprint density at radius 2 is 2.17 bits per heavy atom. The van der Waals surface area contributed by atoms with E-state index in [0.29, 0.717) is 4.80 Å². The van der Waals surface area contributed by atoms with Crippen LogP contribution in [0.3, 0.4) is 0 Å². The zero-order chi connectivity index (χ0) is 13.8. The lowest BCUT2D eigenvalue weighted by atomic mass is 10.2. The first-order valence-electron chi connectivity index (χ1n) is 5.42. The molecule has 6 nitrogen and oxygen atoms in total. The molecular weight excluding hydrogens is 254 g/mol. The number of aryl methyl sites for hydroxylation is 1. The van der Waals surface area contributed by atoms with Crippen molar-refractivity contribution in [2.24, 2.45) is 12.0 Å². The van der Waals surface area contributed by atoms with E-state index in [1.807, 2.05) is 5.38 Å². The van der Waals surface area contributed by atoms with Gasteiger partial charge in [-0.2, -0.15) is 4.99 Å². The van der Waals surface area contributed by atoms with E-state index in [1.165, 1.54) is 11.3 Å². The lowest BCUT2D eigenvalue weighted by Gasteiger charge is -2.19. The van der Waals surface area contributed by atoms with E-state index in [2.05, 4.69) is 10.3 Å². The van der Waals surface area contributed by atoms with Gasteiger partial charge in [-0.1, -0.05) is 0 Å². The van der Waals surface area contributed by atoms with Gasteiger partial charge < -0.3 is 14.6 Å². The number of amides is 2. The van der Waals surface area contributed by atoms with Gasteiger partial charge in [-0.15, -0.1) is 11.3 Å². The molecule has 1 rings (SSSR count). The lowest BCUT2D eigenvalue weighted by Crippen LogP contribution is -2.35. The summed E-state index contributed by atoms with van der Waals surface area (Å²) >= 11 is 1.35. The SMILES string of the molecule is Cn1ccsc1=NC(=O)CNC(=O)OC(C)(C)C. The summed E-state index contributed by atoms with van der Waals surface area (Å²) in [6, 6.07) is 0. The third kappa shape index (κ3) is 5.13. The molecule has 0 aromatic carbocycles. The maximum Gasteiger partial charge on any atom is 0.408 e. The van der Waals surface area contributed by atoms with Crippen LogP contribution in [0.5, 0.6) is 0 Å². The van der Waals surface area contributed by atoms with Gasteiger partial charge in [0, 0.05) is 18.6 Å². The number of hydrogen-bond donors (Lipinski definition) is 1. The lowest BCUT2D eigenvalue weighted by molar-refractivity contribution is -0.117. The summed E-state index contributed by atoms with van der Waals surface area (Å²) in [6.45, 7) is 5.09. The number of carbonyl (C=O) groups is 2. The fourth-order valence-electron chi connectivity index (χ4n) is 1.04. The van der Waals surface area contributed by atoms with Crippen molar-refractivity contribution in [3.63, 3.8) is 0 Å². The second-order valence-corrected chi connectivity index (χ2v) is 5.53. The Kier molecular flexibility index (Phi) is 4.66. The predicted octanol–water partition coefficient (Wildman–Crippen LogP) is 1.04. The molecule has 1 heterocycles. The number of thiazole rings is 1. The molecule has 0 atom stereocenters. The standard InChI is InChI=1S/C11H17N3O3S/c1-11(2,3)17-10(16)12-7-8(15)13-9-14(4)5-6-18-9/h5-6H,7H2,1-4H3,(H,12,16). The first-order valence-corrected chi connectivity index (χ1v) is 6.30. The normalized spacial score (nSPS) is 12.3. The van der Waals surface area contributed by atoms with Gasteiger partial charge in [0.15, 0.2) is 4.80 Å². The molecule has 1 aromatic rings. The summed E-state index contributed by atoms with van der Waals surface area (Å²) in [6.07, 6.45) is 1.18. The highest BCUT2D eigenvalue weighted by atomic mass is 32.1. The van der Waals surface area contributed by atoms with Crippen molar-refractivity contribution in [1.29, 1.82) is 0 Å². The highest BCUT2D eigenvalue weighted by Gasteiger charge is 2.16. The van der Waals surface area contributed by atoms with Crippen molar-refractivity contribution in [3.8, 4) is 0 Å². The highest BCUT2D eigenvalue weighted by Crippen LogP contribution is 2.06. The van der Waals surface area contributed by atoms with Gasteiger partial charge in [0.05, 0.1) is 0 Å². The molecule has 0 aliphatic carbocycles. The molecule has 100 valence electrons. The van der Waals surface area contributed by atoms with Gasteiger partial charge in [-0.3, -0.25) is 4.79 Å². The van der Waals surface area contributed by atoms with E-state index >= 15 is 0 Å². The van der Waals surface area contributed by atoms with Crippen LogP contribution in [0.1, 0.15) is 20.8 Å². The van der Waals surface area contributed by atoms with Gasteiger partial charge >= 0.3 is 6.09 Å². The second-order valence-electron chi connectivity index (χ2n) is 4.66. The van der Waals surface area contributed by atoms with E-state index in [4.69, 9.17) is 4.74 Å². The molecule has 0 saturated heterocycles. The van der Waals surface area contributed by atoms with E-state index in [-0.39, 0.29) is 6.54 Å². The van der Waals surface area contributed by atoms with Crippen LogP contribution in [0, 0.1) is 0 Å². The van der Waals surface area contributed by atoms with E-state index < -0.39 is 17.6 Å². The zero-order valence-corrected chi connectivity index (χ0v) is 11.7. The van der Waals surface area contributed by atoms with Crippen molar-refractivity contribution >= 4 is 23.3 Å². The fraction of sp³-hybridized carbons (Fsp3) is 0.545. The minimum Gasteiger partial charge on any atom is -0.444 e. The molecule has 7 heteroatoms. The Morgan fingerprint density at radius 1 is 1.50 bits per heavy atom. The highest BCUT2D eigenvalue weighted by molar-refractivity contribution is 7.07. The van der Waals surface area contributed by atoms with Gasteiger partial charge in [-0.05, 0) is 20.8 Å². The first kappa shape index (κ1) is 14.4. The molecule has 0 aliphatic heterocycles. The van der Waals surface area contributed by atoms with Crippen LogP contribution in [0.4, 0.5) is 4.79 Å². The van der Waals surface area contributed by atoms with Crippen LogP contribution in [0.2, 0.25) is 0 Å². The van der Waals surface area contributed by atoms with Crippen molar-refractivity contribution in [2.45, 2.75) is 26.4 Å². The zero-order valence-electron chi connectivity index (χ0n) is 10.9. The largest absolute Gasteiger partial charge is 0.444 e. The van der Waals surface area contributed by atoms with E-state index in [0.717, 1.165) is 0 Å². The fourth-order valence-corrected chi connectivity index (χ4v) is 1.79. The van der Waals surface area contributed by atoms with Crippen LogP contribution < -0.4 is 10.1 Å². The Morgan fingerprint density at radius 3 is 2.67 bits per heavy atom. The van der Waals surface area contributed by atoms with Crippen molar-refractivity contribution in [3.05, 3.63) is 16.4 Å². The molecule has 0 unspecified atom stereocenters. The third-order valence-electron chi connectivity index (χ3n) is 1.76. The minimum atomic E-state index is -0.624. The van der Waals surface area contributed by atoms with Crippen molar-refractivity contribution in [2.75, 3.05) is 6.54 Å². The number of aromatic nitrogens is 1. The molecule has 1 N–H and O–H groups in total. The second kappa shape index (κ2) is 5.81. The number of carbonyl (C=O) groups excluding carboxylic acids is 2. The summed E-state index contributed by atoms with van der Waals surface area (Å²) < 4.78 is 6.73. The smallest absolute Gasteiger partial charge is 0.408 e. The quantitative estimate of drug-likeness (QED) is 0.873. The third-order valence-corrected chi connectivity index (χ3v) is 2.61. The van der Waals surface area contributed by atoms with Gasteiger partial charge in [0.25, 0.3) is 5.91 Å². The summed E-state index contributed by atoms with van der Waals surface area (Å²) in [7, 11) is 1.80. The Hall–Kier alpha value is -1.63. The molecule has 1 aromatic heterocycles. The number of nitrogens with one attached hydrogen (secondary N) is 1. The van der Waals surface area contributed by atoms with Crippen LogP contribution in [0.15, 0.2) is 16.6 Å². The van der Waals surface area contributed by atoms with Gasteiger partial charge in [-0.25, -0.2) is 4.79 Å². The average Bonchev–Trinajstić information content (AvgIpc) is 2.59. The minimum absolute atomic E-state index is 0.174. The average molecular weight is 271 g/mol. The summed E-state index contributed by atoms with van der Waals surface area (Å²) in [5.74, 6) is -0.418. The Balaban J connectivity index is 2.48. The molecule has 0 fully saturated rings. The monoisotopic (exact) mass is 271 g/mol. The molecule has 0 aliphatic rings. The predicted molar refractivity (Wildman–Crippen MR) is 68.1 cm³/mol. The van der Waals surface area contributed by atoms with Crippen LogP contribution >= 0.6 is 11.3 Å². The molecule has 18 heavy (non-hydrogen) atoms. The molecule has 0 spiro atoms. The van der Waals surface area contributed by atoms with Gasteiger partial charge in [0.1, 0.15) is 12.1 Å². The van der Waals surface area contributed by atoms with Crippen LogP contribution in [-0.4, -0.2) is 28.7 Å². The molecule has 0 bridgehead atoms. The van der Waals surface area contributed by atoms with Crippen molar-refractivity contribution in [1.82, 2.24) is 9.88 Å².